The van der Waals surface area contributed by atoms with E-state index in [-0.39, 0.29) is 22.7 Å². The first-order valence-corrected chi connectivity index (χ1v) is 11.8. The first kappa shape index (κ1) is 24.0. The number of nitrogen functional groups attached to an aromatic ring is 1. The largest absolute Gasteiger partial charge is 0.418 e. The summed E-state index contributed by atoms with van der Waals surface area (Å²) in [5.74, 6) is -0.223. The van der Waals surface area contributed by atoms with Crippen molar-refractivity contribution in [3.05, 3.63) is 40.6 Å². The summed E-state index contributed by atoms with van der Waals surface area (Å²) in [6, 6.07) is 2.01. The number of halogens is 5. The second kappa shape index (κ2) is 8.44. The van der Waals surface area contributed by atoms with Gasteiger partial charge in [-0.2, -0.15) is 13.2 Å². The monoisotopic (exact) mass is 509 g/mol. The summed E-state index contributed by atoms with van der Waals surface area (Å²) in [4.78, 5) is 15.2. The highest BCUT2D eigenvalue weighted by molar-refractivity contribution is 6.32. The van der Waals surface area contributed by atoms with Crippen molar-refractivity contribution in [3.63, 3.8) is 0 Å². The highest BCUT2D eigenvalue weighted by Gasteiger charge is 2.43. The van der Waals surface area contributed by atoms with E-state index in [1.807, 2.05) is 18.7 Å². The van der Waals surface area contributed by atoms with Crippen molar-refractivity contribution in [2.75, 3.05) is 30.3 Å². The standard InChI is InChI=1S/C24H24ClF4N5O/c1-12(2)21-32-20-15(22(33-21)34-6-3-4-23(11-34)5-7-35-23)10-31-19(18(20)26)14-8-13(30)9-16(25)17(14)24(27,28)29/h8-10,12H,3-7,11,30H2,1-2H3. The van der Waals surface area contributed by atoms with Crippen LogP contribution in [0.15, 0.2) is 18.3 Å². The van der Waals surface area contributed by atoms with Crippen LogP contribution in [0.5, 0.6) is 0 Å². The van der Waals surface area contributed by atoms with E-state index >= 15 is 4.39 Å². The van der Waals surface area contributed by atoms with Gasteiger partial charge in [-0.1, -0.05) is 25.4 Å². The van der Waals surface area contributed by atoms with Crippen LogP contribution in [-0.4, -0.2) is 40.2 Å². The highest BCUT2D eigenvalue weighted by Crippen LogP contribution is 2.44. The molecule has 3 aromatic rings. The molecule has 1 atom stereocenters. The normalized spacial score (nSPS) is 20.6. The van der Waals surface area contributed by atoms with Gasteiger partial charge < -0.3 is 15.4 Å². The maximum Gasteiger partial charge on any atom is 0.418 e. The lowest BCUT2D eigenvalue weighted by Gasteiger charge is -2.49. The molecule has 0 aliphatic carbocycles. The Balaban J connectivity index is 1.72. The third-order valence-corrected chi connectivity index (χ3v) is 6.95. The van der Waals surface area contributed by atoms with Gasteiger partial charge in [0.05, 0.1) is 28.2 Å². The van der Waals surface area contributed by atoms with Crippen LogP contribution in [-0.2, 0) is 10.9 Å². The van der Waals surface area contributed by atoms with E-state index in [1.54, 1.807) is 0 Å². The van der Waals surface area contributed by atoms with Crippen molar-refractivity contribution >= 4 is 34.0 Å². The van der Waals surface area contributed by atoms with Crippen molar-refractivity contribution < 1.29 is 22.3 Å². The zero-order chi connectivity index (χ0) is 25.1. The minimum absolute atomic E-state index is 0.0374. The van der Waals surface area contributed by atoms with Crippen molar-refractivity contribution in [2.45, 2.75) is 50.8 Å². The van der Waals surface area contributed by atoms with Crippen LogP contribution in [0.2, 0.25) is 5.02 Å². The fourth-order valence-corrected chi connectivity index (χ4v) is 5.17. The molecule has 2 aromatic heterocycles. The van der Waals surface area contributed by atoms with Crippen LogP contribution < -0.4 is 10.6 Å². The van der Waals surface area contributed by atoms with Crippen LogP contribution in [0.4, 0.5) is 29.1 Å². The molecule has 2 aliphatic rings. The molecule has 4 heterocycles. The van der Waals surface area contributed by atoms with E-state index in [9.17, 15) is 13.2 Å². The van der Waals surface area contributed by atoms with E-state index in [2.05, 4.69) is 9.97 Å². The molecule has 35 heavy (non-hydrogen) atoms. The molecule has 2 fully saturated rings. The van der Waals surface area contributed by atoms with Crippen LogP contribution in [0.1, 0.15) is 50.4 Å². The number of nitrogens with two attached hydrogens (primary N) is 1. The fourth-order valence-electron chi connectivity index (χ4n) is 4.84. The number of hydrogen-bond acceptors (Lipinski definition) is 6. The molecule has 2 N–H and O–H groups in total. The molecular weight excluding hydrogens is 486 g/mol. The predicted octanol–water partition coefficient (Wildman–Crippen LogP) is 5.97. The van der Waals surface area contributed by atoms with Gasteiger partial charge in [0, 0.05) is 42.9 Å². The molecule has 0 saturated carbocycles. The summed E-state index contributed by atoms with van der Waals surface area (Å²) in [6.07, 6.45) is -0.748. The fraction of sp³-hybridized carbons (Fsp3) is 0.458. The summed E-state index contributed by atoms with van der Waals surface area (Å²) in [5, 5.41) is -0.297. The molecular formula is C24H24ClF4N5O. The number of anilines is 2. The van der Waals surface area contributed by atoms with Crippen molar-refractivity contribution in [3.8, 4) is 11.3 Å². The molecule has 5 rings (SSSR count). The van der Waals surface area contributed by atoms with Gasteiger partial charge in [-0.15, -0.1) is 0 Å². The number of alkyl halides is 3. The Kier molecular flexibility index (Phi) is 5.79. The number of hydrogen-bond donors (Lipinski definition) is 1. The Bertz CT molecular complexity index is 1310. The molecule has 186 valence electrons. The Morgan fingerprint density at radius 3 is 2.57 bits per heavy atom. The van der Waals surface area contributed by atoms with Crippen LogP contribution >= 0.6 is 11.6 Å². The molecule has 2 saturated heterocycles. The number of fused-ring (bicyclic) bond motifs is 1. The van der Waals surface area contributed by atoms with Crippen molar-refractivity contribution in [1.29, 1.82) is 0 Å². The third kappa shape index (κ3) is 4.16. The van der Waals surface area contributed by atoms with Gasteiger partial charge in [0.1, 0.15) is 22.9 Å². The van der Waals surface area contributed by atoms with Gasteiger partial charge in [0.25, 0.3) is 0 Å². The summed E-state index contributed by atoms with van der Waals surface area (Å²) >= 11 is 5.88. The summed E-state index contributed by atoms with van der Waals surface area (Å²) in [7, 11) is 0. The van der Waals surface area contributed by atoms with E-state index in [0.717, 1.165) is 31.4 Å². The minimum atomic E-state index is -4.84. The lowest BCUT2D eigenvalue weighted by atomic mass is 9.86. The van der Waals surface area contributed by atoms with Gasteiger partial charge in [-0.3, -0.25) is 4.98 Å². The molecule has 1 spiro atoms. The Morgan fingerprint density at radius 1 is 1.20 bits per heavy atom. The number of pyridine rings is 1. The SMILES string of the molecule is CC(C)c1nc(N2CCCC3(CCO3)C2)c2cnc(-c3cc(N)cc(Cl)c3C(F)(F)F)c(F)c2n1. The van der Waals surface area contributed by atoms with Crippen LogP contribution in [0, 0.1) is 5.82 Å². The van der Waals surface area contributed by atoms with Gasteiger partial charge in [0.2, 0.25) is 0 Å². The summed E-state index contributed by atoms with van der Waals surface area (Å²) in [6.45, 7) is 5.75. The predicted molar refractivity (Wildman–Crippen MR) is 126 cm³/mol. The maximum absolute atomic E-state index is 16.0. The number of piperidine rings is 1. The third-order valence-electron chi connectivity index (χ3n) is 6.65. The number of ether oxygens (including phenoxy) is 1. The molecule has 2 aliphatic heterocycles. The number of nitrogens with zero attached hydrogens (tertiary/aromatic N) is 4. The first-order valence-electron chi connectivity index (χ1n) is 11.4. The zero-order valence-electron chi connectivity index (χ0n) is 19.2. The smallest absolute Gasteiger partial charge is 0.399 e. The maximum atomic E-state index is 16.0. The van der Waals surface area contributed by atoms with E-state index in [1.165, 1.54) is 6.20 Å². The molecule has 1 unspecified atom stereocenters. The molecule has 11 heteroatoms. The van der Waals surface area contributed by atoms with E-state index in [0.29, 0.717) is 36.7 Å². The van der Waals surface area contributed by atoms with Gasteiger partial charge >= 0.3 is 6.18 Å². The van der Waals surface area contributed by atoms with E-state index in [4.69, 9.17) is 27.1 Å². The average Bonchev–Trinajstić information content (AvgIpc) is 2.76. The number of aromatic nitrogens is 3. The molecule has 0 amide bonds. The van der Waals surface area contributed by atoms with Crippen molar-refractivity contribution in [1.82, 2.24) is 15.0 Å². The first-order chi connectivity index (χ1) is 16.5. The Hall–Kier alpha value is -2.72. The quantitative estimate of drug-likeness (QED) is 0.346. The van der Waals surface area contributed by atoms with E-state index < -0.39 is 33.8 Å². The molecule has 6 nitrogen and oxygen atoms in total. The van der Waals surface area contributed by atoms with Crippen LogP contribution in [0.3, 0.4) is 0 Å². The Labute approximate surface area is 204 Å². The lowest BCUT2D eigenvalue weighted by molar-refractivity contribution is -0.151. The summed E-state index contributed by atoms with van der Waals surface area (Å²) in [5.41, 5.74) is 3.14. The molecule has 1 aromatic carbocycles. The number of benzene rings is 1. The van der Waals surface area contributed by atoms with Crippen molar-refractivity contribution in [2.24, 2.45) is 0 Å². The van der Waals surface area contributed by atoms with Gasteiger partial charge in [-0.25, -0.2) is 14.4 Å². The Morgan fingerprint density at radius 2 is 1.94 bits per heavy atom. The topological polar surface area (TPSA) is 77.2 Å². The minimum Gasteiger partial charge on any atom is -0.399 e. The molecule has 0 radical (unpaired) electrons. The van der Waals surface area contributed by atoms with Gasteiger partial charge in [0.15, 0.2) is 5.82 Å². The second-order valence-electron chi connectivity index (χ2n) is 9.47. The average molecular weight is 510 g/mol. The van der Waals surface area contributed by atoms with Gasteiger partial charge in [-0.05, 0) is 25.0 Å². The lowest BCUT2D eigenvalue weighted by Crippen LogP contribution is -2.56. The van der Waals surface area contributed by atoms with Crippen LogP contribution in [0.25, 0.3) is 22.2 Å². The second-order valence-corrected chi connectivity index (χ2v) is 9.88. The molecule has 0 bridgehead atoms. The number of rotatable bonds is 3. The summed E-state index contributed by atoms with van der Waals surface area (Å²) < 4.78 is 63.3. The highest BCUT2D eigenvalue weighted by atomic mass is 35.5. The zero-order valence-corrected chi connectivity index (χ0v) is 20.0.